The average molecular weight is 254 g/mol. The molecule has 0 saturated heterocycles. The highest BCUT2D eigenvalue weighted by Gasteiger charge is 2.20. The molecule has 18 heavy (non-hydrogen) atoms. The quantitative estimate of drug-likeness (QED) is 0.485. The van der Waals surface area contributed by atoms with Crippen molar-refractivity contribution in [2.24, 2.45) is 0 Å². The molecule has 0 saturated carbocycles. The van der Waals surface area contributed by atoms with Crippen molar-refractivity contribution in [2.75, 3.05) is 0 Å². The van der Waals surface area contributed by atoms with Gasteiger partial charge in [-0.15, -0.1) is 11.3 Å². The fraction of sp³-hybridized carbons (Fsp3) is 0.294. The Morgan fingerprint density at radius 2 is 1.56 bits per heavy atom. The van der Waals surface area contributed by atoms with E-state index in [1.165, 1.54) is 31.3 Å². The van der Waals surface area contributed by atoms with Gasteiger partial charge in [-0.2, -0.15) is 0 Å². The molecule has 1 heterocycles. The first kappa shape index (κ1) is 11.7. The van der Waals surface area contributed by atoms with E-state index in [0.717, 1.165) is 0 Å². The lowest BCUT2D eigenvalue weighted by atomic mass is 9.91. The number of benzene rings is 2. The Bertz CT molecular complexity index is 726. The highest BCUT2D eigenvalue weighted by atomic mass is 32.1. The average Bonchev–Trinajstić information content (AvgIpc) is 2.64. The summed E-state index contributed by atoms with van der Waals surface area (Å²) in [5.41, 5.74) is 1.69. The smallest absolute Gasteiger partial charge is 0.0355 e. The molecule has 0 aliphatic carbocycles. The van der Waals surface area contributed by atoms with Crippen molar-refractivity contribution in [3.8, 4) is 0 Å². The molecule has 0 amide bonds. The number of thiophene rings is 1. The van der Waals surface area contributed by atoms with E-state index >= 15 is 0 Å². The van der Waals surface area contributed by atoms with E-state index in [-0.39, 0.29) is 5.41 Å². The van der Waals surface area contributed by atoms with Crippen molar-refractivity contribution in [1.82, 2.24) is 0 Å². The third kappa shape index (κ3) is 1.74. The molecule has 0 aliphatic heterocycles. The standard InChI is InChI=1S/C17H18S/c1-11-14-9-12-7-5-6-8-13(12)10-15(14)18-16(11)17(2,3)4/h5-10H,1-4H3. The molecule has 0 N–H and O–H groups in total. The highest BCUT2D eigenvalue weighted by molar-refractivity contribution is 7.19. The van der Waals surface area contributed by atoms with Crippen LogP contribution in [0.3, 0.4) is 0 Å². The molecule has 0 bridgehead atoms. The molecule has 0 fully saturated rings. The predicted octanol–water partition coefficient (Wildman–Crippen LogP) is 5.66. The van der Waals surface area contributed by atoms with Gasteiger partial charge in [0.2, 0.25) is 0 Å². The van der Waals surface area contributed by atoms with Crippen LogP contribution < -0.4 is 0 Å². The molecule has 0 atom stereocenters. The lowest BCUT2D eigenvalue weighted by Gasteiger charge is -2.17. The maximum absolute atomic E-state index is 2.34. The number of aryl methyl sites for hydroxylation is 1. The minimum Gasteiger partial charge on any atom is -0.139 e. The third-order valence-electron chi connectivity index (χ3n) is 3.49. The van der Waals surface area contributed by atoms with Crippen LogP contribution in [-0.2, 0) is 5.41 Å². The third-order valence-corrected chi connectivity index (χ3v) is 5.17. The first-order chi connectivity index (χ1) is 8.47. The van der Waals surface area contributed by atoms with Crippen molar-refractivity contribution >= 4 is 32.2 Å². The summed E-state index contributed by atoms with van der Waals surface area (Å²) in [7, 11) is 0. The SMILES string of the molecule is Cc1c(C(C)(C)C)sc2cc3ccccc3cc12. The largest absolute Gasteiger partial charge is 0.139 e. The zero-order chi connectivity index (χ0) is 12.9. The number of hydrogen-bond acceptors (Lipinski definition) is 1. The van der Waals surface area contributed by atoms with Crippen molar-refractivity contribution in [2.45, 2.75) is 33.1 Å². The molecule has 3 aromatic rings. The van der Waals surface area contributed by atoms with Crippen LogP contribution in [0.2, 0.25) is 0 Å². The summed E-state index contributed by atoms with van der Waals surface area (Å²) < 4.78 is 1.41. The van der Waals surface area contributed by atoms with Gasteiger partial charge in [-0.25, -0.2) is 0 Å². The Balaban J connectivity index is 2.40. The Morgan fingerprint density at radius 1 is 0.944 bits per heavy atom. The monoisotopic (exact) mass is 254 g/mol. The van der Waals surface area contributed by atoms with Gasteiger partial charge in [-0.3, -0.25) is 0 Å². The summed E-state index contributed by atoms with van der Waals surface area (Å²) in [5, 5.41) is 4.10. The molecule has 1 heteroatoms. The topological polar surface area (TPSA) is 0 Å². The number of fused-ring (bicyclic) bond motifs is 2. The van der Waals surface area contributed by atoms with E-state index in [4.69, 9.17) is 0 Å². The van der Waals surface area contributed by atoms with Crippen molar-refractivity contribution in [3.05, 3.63) is 46.8 Å². The van der Waals surface area contributed by atoms with Gasteiger partial charge >= 0.3 is 0 Å². The van der Waals surface area contributed by atoms with Gasteiger partial charge < -0.3 is 0 Å². The number of rotatable bonds is 0. The van der Waals surface area contributed by atoms with E-state index in [0.29, 0.717) is 0 Å². The Labute approximate surface area is 112 Å². The molecule has 0 spiro atoms. The fourth-order valence-corrected chi connectivity index (χ4v) is 3.92. The van der Waals surface area contributed by atoms with Crippen LogP contribution in [0.25, 0.3) is 20.9 Å². The van der Waals surface area contributed by atoms with Gasteiger partial charge in [-0.1, -0.05) is 45.0 Å². The Morgan fingerprint density at radius 3 is 2.17 bits per heavy atom. The van der Waals surface area contributed by atoms with Gasteiger partial charge in [0.05, 0.1) is 0 Å². The minimum absolute atomic E-state index is 0.236. The van der Waals surface area contributed by atoms with Crippen LogP contribution in [0.15, 0.2) is 36.4 Å². The lowest BCUT2D eigenvalue weighted by Crippen LogP contribution is -2.09. The van der Waals surface area contributed by atoms with Gasteiger partial charge in [0.15, 0.2) is 0 Å². The molecule has 2 aromatic carbocycles. The second kappa shape index (κ2) is 3.83. The first-order valence-corrected chi connectivity index (χ1v) is 7.21. The van der Waals surface area contributed by atoms with Crippen molar-refractivity contribution in [3.63, 3.8) is 0 Å². The van der Waals surface area contributed by atoms with Gasteiger partial charge in [0, 0.05) is 9.58 Å². The summed E-state index contributed by atoms with van der Waals surface area (Å²) in [6, 6.07) is 13.3. The van der Waals surface area contributed by atoms with Crippen LogP contribution >= 0.6 is 11.3 Å². The molecule has 0 radical (unpaired) electrons. The maximum Gasteiger partial charge on any atom is 0.0355 e. The summed E-state index contributed by atoms with van der Waals surface area (Å²) in [6.07, 6.45) is 0. The Hall–Kier alpha value is -1.34. The second-order valence-electron chi connectivity index (χ2n) is 6.00. The molecule has 1 aromatic heterocycles. The van der Waals surface area contributed by atoms with E-state index < -0.39 is 0 Å². The van der Waals surface area contributed by atoms with Crippen molar-refractivity contribution in [1.29, 1.82) is 0 Å². The van der Waals surface area contributed by atoms with E-state index in [2.05, 4.69) is 64.1 Å². The zero-order valence-electron chi connectivity index (χ0n) is 11.4. The molecule has 92 valence electrons. The molecule has 0 aliphatic rings. The van der Waals surface area contributed by atoms with E-state index in [9.17, 15) is 0 Å². The molecule has 0 nitrogen and oxygen atoms in total. The molecular formula is C17H18S. The highest BCUT2D eigenvalue weighted by Crippen LogP contribution is 2.39. The van der Waals surface area contributed by atoms with Crippen LogP contribution in [0.1, 0.15) is 31.2 Å². The van der Waals surface area contributed by atoms with Gasteiger partial charge in [0.25, 0.3) is 0 Å². The van der Waals surface area contributed by atoms with Crippen LogP contribution in [-0.4, -0.2) is 0 Å². The summed E-state index contributed by atoms with van der Waals surface area (Å²) in [6.45, 7) is 9.15. The van der Waals surface area contributed by atoms with Crippen LogP contribution in [0, 0.1) is 6.92 Å². The number of hydrogen-bond donors (Lipinski definition) is 0. The lowest BCUT2D eigenvalue weighted by molar-refractivity contribution is 0.601. The minimum atomic E-state index is 0.236. The fourth-order valence-electron chi connectivity index (χ4n) is 2.62. The van der Waals surface area contributed by atoms with Crippen LogP contribution in [0.4, 0.5) is 0 Å². The van der Waals surface area contributed by atoms with Crippen LogP contribution in [0.5, 0.6) is 0 Å². The van der Waals surface area contributed by atoms with E-state index in [1.54, 1.807) is 0 Å². The predicted molar refractivity (Wildman–Crippen MR) is 82.8 cm³/mol. The van der Waals surface area contributed by atoms with E-state index in [1.807, 2.05) is 11.3 Å². The Kier molecular flexibility index (Phi) is 2.49. The van der Waals surface area contributed by atoms with Gasteiger partial charge in [-0.05, 0) is 46.2 Å². The normalized spacial score (nSPS) is 12.4. The molecule has 3 rings (SSSR count). The molecular weight excluding hydrogens is 236 g/mol. The maximum atomic E-state index is 2.34. The van der Waals surface area contributed by atoms with Gasteiger partial charge in [0.1, 0.15) is 0 Å². The molecule has 0 unspecified atom stereocenters. The second-order valence-corrected chi connectivity index (χ2v) is 7.05. The first-order valence-electron chi connectivity index (χ1n) is 6.39. The van der Waals surface area contributed by atoms with Crippen molar-refractivity contribution < 1.29 is 0 Å². The zero-order valence-corrected chi connectivity index (χ0v) is 12.2. The summed E-state index contributed by atoms with van der Waals surface area (Å²) >= 11 is 1.95. The summed E-state index contributed by atoms with van der Waals surface area (Å²) in [4.78, 5) is 1.51. The summed E-state index contributed by atoms with van der Waals surface area (Å²) in [5.74, 6) is 0.